The first-order valence-electron chi connectivity index (χ1n) is 15.2. The first-order valence-corrected chi connectivity index (χ1v) is 15.2. The maximum atomic E-state index is 13.0. The van der Waals surface area contributed by atoms with Crippen LogP contribution in [0.3, 0.4) is 0 Å². The van der Waals surface area contributed by atoms with Crippen LogP contribution in [0.2, 0.25) is 0 Å². The third kappa shape index (κ3) is 15.5. The highest BCUT2D eigenvalue weighted by Gasteiger charge is 2.31. The minimum Gasteiger partial charge on any atom is -0.396 e. The molecule has 0 bridgehead atoms. The molecule has 0 saturated heterocycles. The standard InChI is InChI=1S/C30H56O4.C2H6/c1-24(11-6-13-25(21-31)14-9-19-29(2,3)22-32)12-7-15-26-16-8-17-27(28(26)34)18-10-20-30(4,5)23-33;1-2/h21,24-27,32-33H,6-20,22-23H2,1-5H3;1-2H3. The number of aliphatic hydroxyl groups excluding tert-OH is 2. The molecule has 214 valence electrons. The molecular formula is C32H62O4. The van der Waals surface area contributed by atoms with E-state index < -0.39 is 0 Å². The smallest absolute Gasteiger partial charge is 0.139 e. The first kappa shape index (κ1) is 35.3. The Balaban J connectivity index is 0.00000596. The van der Waals surface area contributed by atoms with Crippen molar-refractivity contribution in [3.63, 3.8) is 0 Å². The van der Waals surface area contributed by atoms with Gasteiger partial charge in [-0.1, -0.05) is 93.4 Å². The van der Waals surface area contributed by atoms with Crippen LogP contribution < -0.4 is 0 Å². The van der Waals surface area contributed by atoms with Crippen molar-refractivity contribution in [3.05, 3.63) is 0 Å². The fourth-order valence-electron chi connectivity index (χ4n) is 5.50. The molecule has 4 atom stereocenters. The summed E-state index contributed by atoms with van der Waals surface area (Å²) < 4.78 is 0. The molecule has 1 rings (SSSR count). The average Bonchev–Trinajstić information content (AvgIpc) is 2.86. The lowest BCUT2D eigenvalue weighted by Gasteiger charge is -2.29. The largest absolute Gasteiger partial charge is 0.396 e. The van der Waals surface area contributed by atoms with E-state index in [-0.39, 0.29) is 41.8 Å². The molecule has 2 N–H and O–H groups in total. The number of carbonyl (C=O) groups excluding carboxylic acids is 2. The first-order chi connectivity index (χ1) is 17.0. The number of Topliss-reactive ketones (excluding diaryl/α,β-unsaturated/α-hetero) is 1. The van der Waals surface area contributed by atoms with E-state index in [0.29, 0.717) is 11.7 Å². The number of rotatable bonds is 19. The highest BCUT2D eigenvalue weighted by molar-refractivity contribution is 5.84. The van der Waals surface area contributed by atoms with E-state index in [2.05, 4.69) is 34.6 Å². The summed E-state index contributed by atoms with van der Waals surface area (Å²) in [5, 5.41) is 18.8. The van der Waals surface area contributed by atoms with Gasteiger partial charge in [-0.3, -0.25) is 4.79 Å². The summed E-state index contributed by atoms with van der Waals surface area (Å²) in [6.07, 6.45) is 16.9. The van der Waals surface area contributed by atoms with E-state index in [9.17, 15) is 19.8 Å². The van der Waals surface area contributed by atoms with Crippen LogP contribution in [0.4, 0.5) is 0 Å². The predicted octanol–water partition coefficient (Wildman–Crippen LogP) is 8.17. The second-order valence-corrected chi connectivity index (χ2v) is 13.0. The molecule has 0 aromatic heterocycles. The zero-order valence-corrected chi connectivity index (χ0v) is 25.1. The maximum Gasteiger partial charge on any atom is 0.139 e. The van der Waals surface area contributed by atoms with Crippen molar-refractivity contribution < 1.29 is 19.8 Å². The lowest BCUT2D eigenvalue weighted by molar-refractivity contribution is -0.129. The van der Waals surface area contributed by atoms with Gasteiger partial charge in [-0.25, -0.2) is 0 Å². The van der Waals surface area contributed by atoms with Gasteiger partial charge in [0.05, 0.1) is 0 Å². The fraction of sp³-hybridized carbons (Fsp3) is 0.938. The molecule has 1 fully saturated rings. The number of hydrogen-bond acceptors (Lipinski definition) is 4. The van der Waals surface area contributed by atoms with Gasteiger partial charge in [0, 0.05) is 31.0 Å². The number of ketones is 1. The molecule has 0 aromatic rings. The lowest BCUT2D eigenvalue weighted by Crippen LogP contribution is -2.29. The second kappa shape index (κ2) is 19.3. The Hall–Kier alpha value is -0.740. The van der Waals surface area contributed by atoms with Crippen LogP contribution in [0.25, 0.3) is 0 Å². The van der Waals surface area contributed by atoms with Crippen molar-refractivity contribution >= 4 is 12.1 Å². The molecule has 4 unspecified atom stereocenters. The summed E-state index contributed by atoms with van der Waals surface area (Å²) in [4.78, 5) is 24.4. The molecule has 0 aliphatic heterocycles. The van der Waals surface area contributed by atoms with E-state index in [1.54, 1.807) is 0 Å². The van der Waals surface area contributed by atoms with Gasteiger partial charge in [-0.15, -0.1) is 0 Å². The molecule has 1 aliphatic rings. The van der Waals surface area contributed by atoms with E-state index in [0.717, 1.165) is 89.8 Å². The van der Waals surface area contributed by atoms with E-state index in [4.69, 9.17) is 0 Å². The van der Waals surface area contributed by atoms with Crippen molar-refractivity contribution in [2.45, 2.75) is 145 Å². The highest BCUT2D eigenvalue weighted by atomic mass is 16.3. The zero-order valence-electron chi connectivity index (χ0n) is 25.1. The van der Waals surface area contributed by atoms with E-state index in [1.165, 1.54) is 12.8 Å². The van der Waals surface area contributed by atoms with Gasteiger partial charge in [-0.2, -0.15) is 0 Å². The van der Waals surface area contributed by atoms with Gasteiger partial charge in [0.2, 0.25) is 0 Å². The molecule has 4 nitrogen and oxygen atoms in total. The van der Waals surface area contributed by atoms with Gasteiger partial charge >= 0.3 is 0 Å². The van der Waals surface area contributed by atoms with Crippen LogP contribution in [-0.4, -0.2) is 35.5 Å². The molecule has 1 aliphatic carbocycles. The third-order valence-corrected chi connectivity index (χ3v) is 8.31. The van der Waals surface area contributed by atoms with Crippen LogP contribution >= 0.6 is 0 Å². The molecule has 0 aromatic carbocycles. The molecule has 36 heavy (non-hydrogen) atoms. The normalized spacial score (nSPS) is 20.4. The predicted molar refractivity (Wildman–Crippen MR) is 153 cm³/mol. The minimum absolute atomic E-state index is 0.0319. The second-order valence-electron chi connectivity index (χ2n) is 13.0. The number of hydrogen-bond donors (Lipinski definition) is 2. The monoisotopic (exact) mass is 510 g/mol. The van der Waals surface area contributed by atoms with Crippen LogP contribution in [0.1, 0.15) is 145 Å². The van der Waals surface area contributed by atoms with Gasteiger partial charge in [0.1, 0.15) is 12.1 Å². The quantitative estimate of drug-likeness (QED) is 0.172. The van der Waals surface area contributed by atoms with Crippen molar-refractivity contribution in [2.24, 2.45) is 34.5 Å². The van der Waals surface area contributed by atoms with Gasteiger partial charge in [-0.05, 0) is 68.1 Å². The van der Waals surface area contributed by atoms with Crippen molar-refractivity contribution in [1.29, 1.82) is 0 Å². The summed E-state index contributed by atoms with van der Waals surface area (Å²) in [5.74, 6) is 1.82. The zero-order chi connectivity index (χ0) is 27.6. The number of carbonyl (C=O) groups is 2. The Bertz CT molecular complexity index is 569. The molecule has 0 spiro atoms. The Kier molecular flexibility index (Phi) is 18.9. The molecular weight excluding hydrogens is 448 g/mol. The minimum atomic E-state index is -0.0431. The average molecular weight is 511 g/mol. The summed E-state index contributed by atoms with van der Waals surface area (Å²) in [6.45, 7) is 15.1. The van der Waals surface area contributed by atoms with Crippen LogP contribution in [0.5, 0.6) is 0 Å². The summed E-state index contributed by atoms with van der Waals surface area (Å²) >= 11 is 0. The Morgan fingerprint density at radius 2 is 1.28 bits per heavy atom. The summed E-state index contributed by atoms with van der Waals surface area (Å²) in [5.41, 5.74) is -0.0751. The van der Waals surface area contributed by atoms with Gasteiger partial charge in [0.25, 0.3) is 0 Å². The van der Waals surface area contributed by atoms with Crippen molar-refractivity contribution in [3.8, 4) is 0 Å². The summed E-state index contributed by atoms with van der Waals surface area (Å²) in [7, 11) is 0. The SMILES string of the molecule is CC.CC(CCCC(C=O)CCCC(C)(C)CO)CCCC1CCCC(CCCC(C)(C)CO)C1=O. The number of aliphatic hydroxyl groups is 2. The summed E-state index contributed by atoms with van der Waals surface area (Å²) in [6, 6.07) is 0. The van der Waals surface area contributed by atoms with Crippen molar-refractivity contribution in [2.75, 3.05) is 13.2 Å². The van der Waals surface area contributed by atoms with Crippen LogP contribution in [-0.2, 0) is 9.59 Å². The number of aldehydes is 1. The van der Waals surface area contributed by atoms with Crippen LogP contribution in [0.15, 0.2) is 0 Å². The maximum absolute atomic E-state index is 13.0. The lowest BCUT2D eigenvalue weighted by atomic mass is 9.75. The molecule has 0 amide bonds. The van der Waals surface area contributed by atoms with Crippen LogP contribution in [0, 0.1) is 34.5 Å². The topological polar surface area (TPSA) is 74.6 Å². The Labute approximate surface area is 224 Å². The van der Waals surface area contributed by atoms with E-state index in [1.807, 2.05) is 13.8 Å². The van der Waals surface area contributed by atoms with Gasteiger partial charge in [0.15, 0.2) is 0 Å². The molecule has 4 heteroatoms. The molecule has 1 saturated carbocycles. The fourth-order valence-corrected chi connectivity index (χ4v) is 5.50. The molecule has 0 heterocycles. The Morgan fingerprint density at radius 3 is 1.81 bits per heavy atom. The van der Waals surface area contributed by atoms with Crippen molar-refractivity contribution in [1.82, 2.24) is 0 Å². The van der Waals surface area contributed by atoms with E-state index >= 15 is 0 Å². The highest BCUT2D eigenvalue weighted by Crippen LogP contribution is 2.34. The third-order valence-electron chi connectivity index (χ3n) is 8.31. The Morgan fingerprint density at radius 1 is 0.806 bits per heavy atom. The van der Waals surface area contributed by atoms with Gasteiger partial charge < -0.3 is 15.0 Å². The molecule has 0 radical (unpaired) electrons.